The minimum atomic E-state index is -0.459. The molecule has 0 radical (unpaired) electrons. The number of rotatable bonds is 4. The molecule has 1 rings (SSSR count). The quantitative estimate of drug-likeness (QED) is 0.814. The molecule has 3 heteroatoms. The number of nitrogens with one attached hydrogen (secondary N) is 1. The van der Waals surface area contributed by atoms with Crippen molar-refractivity contribution in [2.24, 2.45) is 5.73 Å². The largest absolute Gasteiger partial charge is 0.348 e. The van der Waals surface area contributed by atoms with Crippen molar-refractivity contribution < 1.29 is 4.79 Å². The lowest BCUT2D eigenvalue weighted by Gasteiger charge is -2.19. The van der Waals surface area contributed by atoms with Crippen LogP contribution in [0.1, 0.15) is 37.4 Å². The minimum absolute atomic E-state index is 0.0547. The summed E-state index contributed by atoms with van der Waals surface area (Å²) >= 11 is 0. The van der Waals surface area contributed by atoms with Gasteiger partial charge in [-0.15, -0.1) is 0 Å². The number of aryl methyl sites for hydroxylation is 1. The molecule has 3 nitrogen and oxygen atoms in total. The molecule has 0 aliphatic carbocycles. The maximum atomic E-state index is 11.5. The first-order valence-corrected chi connectivity index (χ1v) is 5.67. The van der Waals surface area contributed by atoms with Crippen LogP contribution in [0.25, 0.3) is 0 Å². The Labute approximate surface area is 97.0 Å². The third-order valence-electron chi connectivity index (χ3n) is 2.62. The molecule has 0 aliphatic heterocycles. The molecular formula is C13H20N2O. The van der Waals surface area contributed by atoms with Crippen LogP contribution in [0.2, 0.25) is 0 Å². The van der Waals surface area contributed by atoms with E-state index in [1.807, 2.05) is 26.0 Å². The van der Waals surface area contributed by atoms with Crippen molar-refractivity contribution in [1.82, 2.24) is 5.32 Å². The molecule has 2 atom stereocenters. The maximum Gasteiger partial charge on any atom is 0.237 e. The molecule has 0 aliphatic rings. The van der Waals surface area contributed by atoms with Gasteiger partial charge in [0.1, 0.15) is 0 Å². The van der Waals surface area contributed by atoms with Crippen LogP contribution in [0.3, 0.4) is 0 Å². The van der Waals surface area contributed by atoms with Gasteiger partial charge in [0.2, 0.25) is 5.91 Å². The van der Waals surface area contributed by atoms with Gasteiger partial charge in [-0.1, -0.05) is 36.8 Å². The molecule has 0 spiro atoms. The third kappa shape index (κ3) is 3.35. The SMILES string of the molecule is CCC(NC(=O)[C@@H](C)N)c1ccc(C)cc1. The molecule has 3 N–H and O–H groups in total. The van der Waals surface area contributed by atoms with Gasteiger partial charge >= 0.3 is 0 Å². The summed E-state index contributed by atoms with van der Waals surface area (Å²) in [6, 6.07) is 7.79. The van der Waals surface area contributed by atoms with Gasteiger partial charge < -0.3 is 11.1 Å². The van der Waals surface area contributed by atoms with Gasteiger partial charge in [0, 0.05) is 0 Å². The highest BCUT2D eigenvalue weighted by Crippen LogP contribution is 2.16. The van der Waals surface area contributed by atoms with E-state index in [0.29, 0.717) is 0 Å². The van der Waals surface area contributed by atoms with Crippen LogP contribution in [-0.2, 0) is 4.79 Å². The summed E-state index contributed by atoms with van der Waals surface area (Å²) in [5, 5.41) is 2.94. The summed E-state index contributed by atoms with van der Waals surface area (Å²) in [6.07, 6.45) is 0.863. The Bertz CT molecular complexity index is 343. The highest BCUT2D eigenvalue weighted by Gasteiger charge is 2.14. The van der Waals surface area contributed by atoms with Crippen LogP contribution in [0, 0.1) is 6.92 Å². The monoisotopic (exact) mass is 220 g/mol. The fraction of sp³-hybridized carbons (Fsp3) is 0.462. The Hall–Kier alpha value is -1.35. The van der Waals surface area contributed by atoms with Crippen molar-refractivity contribution in [3.05, 3.63) is 35.4 Å². The van der Waals surface area contributed by atoms with Crippen molar-refractivity contribution in [3.63, 3.8) is 0 Å². The third-order valence-corrected chi connectivity index (χ3v) is 2.62. The van der Waals surface area contributed by atoms with Gasteiger partial charge in [-0.3, -0.25) is 4.79 Å². The van der Waals surface area contributed by atoms with Crippen LogP contribution >= 0.6 is 0 Å². The predicted octanol–water partition coefficient (Wildman–Crippen LogP) is 1.91. The standard InChI is InChI=1S/C13H20N2O/c1-4-12(15-13(16)10(3)14)11-7-5-9(2)6-8-11/h5-8,10,12H,4,14H2,1-3H3,(H,15,16)/t10-,12?/m1/s1. The molecule has 0 aromatic heterocycles. The first-order valence-electron chi connectivity index (χ1n) is 5.67. The van der Waals surface area contributed by atoms with Crippen molar-refractivity contribution in [2.45, 2.75) is 39.3 Å². The lowest BCUT2D eigenvalue weighted by molar-refractivity contribution is -0.122. The zero-order valence-electron chi connectivity index (χ0n) is 10.2. The number of carbonyl (C=O) groups excluding carboxylic acids is 1. The van der Waals surface area contributed by atoms with E-state index >= 15 is 0 Å². The van der Waals surface area contributed by atoms with Gasteiger partial charge in [-0.05, 0) is 25.8 Å². The second-order valence-electron chi connectivity index (χ2n) is 4.17. The fourth-order valence-electron chi connectivity index (χ4n) is 1.52. The van der Waals surface area contributed by atoms with E-state index in [-0.39, 0.29) is 11.9 Å². The highest BCUT2D eigenvalue weighted by atomic mass is 16.2. The smallest absolute Gasteiger partial charge is 0.237 e. The van der Waals surface area contributed by atoms with E-state index in [4.69, 9.17) is 5.73 Å². The Morgan fingerprint density at radius 3 is 2.38 bits per heavy atom. The second kappa shape index (κ2) is 5.66. The Balaban J connectivity index is 2.74. The average molecular weight is 220 g/mol. The van der Waals surface area contributed by atoms with E-state index in [0.717, 1.165) is 12.0 Å². The fourth-order valence-corrected chi connectivity index (χ4v) is 1.52. The highest BCUT2D eigenvalue weighted by molar-refractivity contribution is 5.81. The zero-order chi connectivity index (χ0) is 12.1. The van der Waals surface area contributed by atoms with Crippen LogP contribution < -0.4 is 11.1 Å². The Morgan fingerprint density at radius 2 is 1.94 bits per heavy atom. The zero-order valence-corrected chi connectivity index (χ0v) is 10.2. The van der Waals surface area contributed by atoms with E-state index < -0.39 is 6.04 Å². The molecule has 0 saturated carbocycles. The first kappa shape index (κ1) is 12.7. The summed E-state index contributed by atoms with van der Waals surface area (Å²) < 4.78 is 0. The van der Waals surface area contributed by atoms with E-state index in [1.54, 1.807) is 6.92 Å². The molecular weight excluding hydrogens is 200 g/mol. The number of nitrogens with two attached hydrogens (primary N) is 1. The molecule has 1 unspecified atom stereocenters. The van der Waals surface area contributed by atoms with E-state index in [1.165, 1.54) is 5.56 Å². The molecule has 0 bridgehead atoms. The first-order chi connectivity index (χ1) is 7.54. The molecule has 0 fully saturated rings. The van der Waals surface area contributed by atoms with Crippen LogP contribution in [0.4, 0.5) is 0 Å². The average Bonchev–Trinajstić information content (AvgIpc) is 2.26. The summed E-state index contributed by atoms with van der Waals surface area (Å²) in [4.78, 5) is 11.5. The summed E-state index contributed by atoms with van der Waals surface area (Å²) in [6.45, 7) is 5.79. The van der Waals surface area contributed by atoms with Crippen LogP contribution in [-0.4, -0.2) is 11.9 Å². The van der Waals surface area contributed by atoms with Gasteiger partial charge in [-0.25, -0.2) is 0 Å². The number of hydrogen-bond donors (Lipinski definition) is 2. The molecule has 1 aromatic carbocycles. The summed E-state index contributed by atoms with van der Waals surface area (Å²) in [5.41, 5.74) is 7.88. The van der Waals surface area contributed by atoms with Crippen molar-refractivity contribution >= 4 is 5.91 Å². The van der Waals surface area contributed by atoms with E-state index in [2.05, 4.69) is 17.4 Å². The predicted molar refractivity (Wildman–Crippen MR) is 66.0 cm³/mol. The Morgan fingerprint density at radius 1 is 1.38 bits per heavy atom. The molecule has 1 aromatic rings. The molecule has 16 heavy (non-hydrogen) atoms. The van der Waals surface area contributed by atoms with E-state index in [9.17, 15) is 4.79 Å². The van der Waals surface area contributed by atoms with Crippen LogP contribution in [0.5, 0.6) is 0 Å². The number of benzene rings is 1. The van der Waals surface area contributed by atoms with Crippen molar-refractivity contribution in [1.29, 1.82) is 0 Å². The summed E-state index contributed by atoms with van der Waals surface area (Å²) in [7, 11) is 0. The lowest BCUT2D eigenvalue weighted by Crippen LogP contribution is -2.40. The number of carbonyl (C=O) groups is 1. The summed E-state index contributed by atoms with van der Waals surface area (Å²) in [5.74, 6) is -0.104. The normalized spacial score (nSPS) is 14.2. The molecule has 0 heterocycles. The van der Waals surface area contributed by atoms with Gasteiger partial charge in [0.05, 0.1) is 12.1 Å². The minimum Gasteiger partial charge on any atom is -0.348 e. The molecule has 0 saturated heterocycles. The number of amides is 1. The molecule has 1 amide bonds. The maximum absolute atomic E-state index is 11.5. The molecule has 88 valence electrons. The topological polar surface area (TPSA) is 55.1 Å². The second-order valence-corrected chi connectivity index (χ2v) is 4.17. The lowest BCUT2D eigenvalue weighted by atomic mass is 10.0. The Kier molecular flexibility index (Phi) is 4.50. The van der Waals surface area contributed by atoms with Crippen LogP contribution in [0.15, 0.2) is 24.3 Å². The van der Waals surface area contributed by atoms with Gasteiger partial charge in [-0.2, -0.15) is 0 Å². The number of hydrogen-bond acceptors (Lipinski definition) is 2. The van der Waals surface area contributed by atoms with Gasteiger partial charge in [0.15, 0.2) is 0 Å². The van der Waals surface area contributed by atoms with Crippen molar-refractivity contribution in [3.8, 4) is 0 Å². The van der Waals surface area contributed by atoms with Gasteiger partial charge in [0.25, 0.3) is 0 Å². The van der Waals surface area contributed by atoms with Crippen molar-refractivity contribution in [2.75, 3.05) is 0 Å².